The molecule has 0 fully saturated rings. The van der Waals surface area contributed by atoms with Crippen molar-refractivity contribution in [2.45, 2.75) is 39.5 Å². The van der Waals surface area contributed by atoms with E-state index in [-0.39, 0.29) is 5.97 Å². The zero-order valence-corrected chi connectivity index (χ0v) is 14.4. The third-order valence-corrected chi connectivity index (χ3v) is 4.13. The number of unbranched alkanes of at least 4 members (excludes halogenated alkanes) is 1. The fraction of sp³-hybridized carbons (Fsp3) is 0.381. The molecule has 2 heteroatoms. The molecule has 0 heterocycles. The average molecular weight is 312 g/mol. The van der Waals surface area contributed by atoms with Crippen molar-refractivity contribution in [3.05, 3.63) is 54.6 Å². The van der Waals surface area contributed by atoms with Crippen molar-refractivity contribution in [2.24, 2.45) is 5.92 Å². The Morgan fingerprint density at radius 2 is 2.00 bits per heavy atom. The first-order chi connectivity index (χ1) is 11.1. The van der Waals surface area contributed by atoms with Crippen LogP contribution in [0.5, 0.6) is 0 Å². The molecule has 1 aromatic rings. The lowest BCUT2D eigenvalue weighted by molar-refractivity contribution is -0.138. The molecule has 124 valence electrons. The van der Waals surface area contributed by atoms with Crippen LogP contribution in [-0.4, -0.2) is 12.6 Å². The topological polar surface area (TPSA) is 26.3 Å². The van der Waals surface area contributed by atoms with Gasteiger partial charge in [0.15, 0.2) is 0 Å². The summed E-state index contributed by atoms with van der Waals surface area (Å²) >= 11 is 0. The van der Waals surface area contributed by atoms with E-state index in [9.17, 15) is 4.79 Å². The maximum absolute atomic E-state index is 12.3. The van der Waals surface area contributed by atoms with Crippen molar-refractivity contribution in [2.75, 3.05) is 6.61 Å². The first-order valence-electron chi connectivity index (χ1n) is 8.33. The van der Waals surface area contributed by atoms with E-state index in [2.05, 4.69) is 33.6 Å². The van der Waals surface area contributed by atoms with Crippen molar-refractivity contribution < 1.29 is 9.53 Å². The van der Waals surface area contributed by atoms with Crippen molar-refractivity contribution in [3.63, 3.8) is 0 Å². The number of benzene rings is 1. The summed E-state index contributed by atoms with van der Waals surface area (Å²) in [5.74, 6) is 0.0642. The van der Waals surface area contributed by atoms with Gasteiger partial charge in [0.1, 0.15) is 0 Å². The fourth-order valence-electron chi connectivity index (χ4n) is 2.54. The van der Waals surface area contributed by atoms with E-state index < -0.39 is 0 Å². The van der Waals surface area contributed by atoms with Gasteiger partial charge in [0.2, 0.25) is 0 Å². The van der Waals surface area contributed by atoms with Crippen molar-refractivity contribution in [1.29, 1.82) is 0 Å². The van der Waals surface area contributed by atoms with Gasteiger partial charge in [-0.2, -0.15) is 0 Å². The quantitative estimate of drug-likeness (QED) is 0.406. The Labute approximate surface area is 140 Å². The van der Waals surface area contributed by atoms with Crippen LogP contribution in [0.4, 0.5) is 0 Å². The number of hydrogen-bond donors (Lipinski definition) is 0. The summed E-state index contributed by atoms with van der Waals surface area (Å²) in [4.78, 5) is 12.3. The zero-order valence-electron chi connectivity index (χ0n) is 14.4. The molecule has 1 unspecified atom stereocenters. The molecule has 0 N–H and O–H groups in total. The normalized spacial score (nSPS) is 11.6. The molecule has 0 saturated heterocycles. The number of carbonyl (C=O) groups excluding carboxylic acids is 1. The van der Waals surface area contributed by atoms with Gasteiger partial charge in [0, 0.05) is 0 Å². The second-order valence-electron chi connectivity index (χ2n) is 5.71. The molecule has 1 rings (SSSR count). The minimum atomic E-state index is -0.357. The van der Waals surface area contributed by atoms with Crippen molar-refractivity contribution >= 4 is 23.7 Å². The van der Waals surface area contributed by atoms with E-state index in [0.29, 0.717) is 18.1 Å². The third kappa shape index (κ3) is 5.24. The summed E-state index contributed by atoms with van der Waals surface area (Å²) in [5, 5.41) is 0. The molecule has 0 aliphatic heterocycles. The highest BCUT2D eigenvalue weighted by Gasteiger charge is 2.16. The van der Waals surface area contributed by atoms with Gasteiger partial charge in [-0.3, -0.25) is 0 Å². The summed E-state index contributed by atoms with van der Waals surface area (Å²) in [6.07, 6.45) is 7.91. The lowest BCUT2D eigenvalue weighted by Gasteiger charge is -2.16. The zero-order chi connectivity index (χ0) is 17.2. The van der Waals surface area contributed by atoms with Gasteiger partial charge < -0.3 is 4.74 Å². The van der Waals surface area contributed by atoms with Gasteiger partial charge in [-0.05, 0) is 29.0 Å². The van der Waals surface area contributed by atoms with Crippen LogP contribution < -0.4 is 0 Å². The van der Waals surface area contributed by atoms with Crippen LogP contribution >= 0.6 is 0 Å². The molecule has 0 aliphatic carbocycles. The van der Waals surface area contributed by atoms with Crippen LogP contribution in [-0.2, 0) is 9.53 Å². The Kier molecular flexibility index (Phi) is 8.10. The SMILES string of the molecule is C=Cc1cccc(C(=C)C(=O)OCC(CC)CCCC)c1C=C. The van der Waals surface area contributed by atoms with E-state index in [1.54, 1.807) is 12.2 Å². The van der Waals surface area contributed by atoms with E-state index in [1.807, 2.05) is 18.2 Å². The fourth-order valence-corrected chi connectivity index (χ4v) is 2.54. The lowest BCUT2D eigenvalue weighted by Crippen LogP contribution is -2.15. The highest BCUT2D eigenvalue weighted by atomic mass is 16.5. The van der Waals surface area contributed by atoms with E-state index in [1.165, 1.54) is 6.42 Å². The predicted octanol–water partition coefficient (Wildman–Crippen LogP) is 5.75. The maximum atomic E-state index is 12.3. The Morgan fingerprint density at radius 1 is 1.26 bits per heavy atom. The molecular formula is C21H28O2. The predicted molar refractivity (Wildman–Crippen MR) is 99.9 cm³/mol. The van der Waals surface area contributed by atoms with E-state index in [4.69, 9.17) is 4.74 Å². The largest absolute Gasteiger partial charge is 0.462 e. The number of carbonyl (C=O) groups is 1. The van der Waals surface area contributed by atoms with Crippen LogP contribution in [0.15, 0.2) is 37.9 Å². The highest BCUT2D eigenvalue weighted by Crippen LogP contribution is 2.25. The second-order valence-corrected chi connectivity index (χ2v) is 5.71. The van der Waals surface area contributed by atoms with E-state index >= 15 is 0 Å². The molecule has 0 aromatic heterocycles. The number of ether oxygens (including phenoxy) is 1. The summed E-state index contributed by atoms with van der Waals surface area (Å²) < 4.78 is 5.48. The summed E-state index contributed by atoms with van der Waals surface area (Å²) in [6.45, 7) is 16.3. The van der Waals surface area contributed by atoms with Crippen molar-refractivity contribution in [3.8, 4) is 0 Å². The van der Waals surface area contributed by atoms with Crippen LogP contribution in [0.1, 0.15) is 56.2 Å². The maximum Gasteiger partial charge on any atom is 0.338 e. The smallest absolute Gasteiger partial charge is 0.338 e. The minimum absolute atomic E-state index is 0.357. The molecule has 0 aliphatic rings. The standard InChI is InChI=1S/C21H28O2/c1-6-10-12-17(7-2)15-23-21(22)16(5)20-14-11-13-18(8-3)19(20)9-4/h8-9,11,13-14,17H,3-7,10,12,15H2,1-2H3. The number of hydrogen-bond acceptors (Lipinski definition) is 2. The minimum Gasteiger partial charge on any atom is -0.462 e. The van der Waals surface area contributed by atoms with Crippen LogP contribution in [0.25, 0.3) is 17.7 Å². The van der Waals surface area contributed by atoms with Crippen molar-refractivity contribution in [1.82, 2.24) is 0 Å². The van der Waals surface area contributed by atoms with Gasteiger partial charge in [-0.15, -0.1) is 0 Å². The summed E-state index contributed by atoms with van der Waals surface area (Å²) in [7, 11) is 0. The average Bonchev–Trinajstić information content (AvgIpc) is 2.60. The van der Waals surface area contributed by atoms with Crippen LogP contribution in [0.3, 0.4) is 0 Å². The summed E-state index contributed by atoms with van der Waals surface area (Å²) in [5.41, 5.74) is 2.92. The molecule has 0 amide bonds. The van der Waals surface area contributed by atoms with Crippen LogP contribution in [0, 0.1) is 5.92 Å². The molecule has 0 spiro atoms. The second kappa shape index (κ2) is 9.83. The molecule has 0 radical (unpaired) electrons. The Hall–Kier alpha value is -2.09. The highest BCUT2D eigenvalue weighted by molar-refractivity contribution is 6.16. The molecular weight excluding hydrogens is 284 g/mol. The molecule has 1 aromatic carbocycles. The van der Waals surface area contributed by atoms with Gasteiger partial charge in [0.05, 0.1) is 12.2 Å². The third-order valence-electron chi connectivity index (χ3n) is 4.13. The Balaban J connectivity index is 2.79. The number of rotatable bonds is 10. The molecule has 2 nitrogen and oxygen atoms in total. The van der Waals surface area contributed by atoms with Gasteiger partial charge in [-0.25, -0.2) is 4.79 Å². The summed E-state index contributed by atoms with van der Waals surface area (Å²) in [6, 6.07) is 5.68. The monoisotopic (exact) mass is 312 g/mol. The molecule has 23 heavy (non-hydrogen) atoms. The lowest BCUT2D eigenvalue weighted by atomic mass is 9.96. The molecule has 0 bridgehead atoms. The Morgan fingerprint density at radius 3 is 2.57 bits per heavy atom. The number of esters is 1. The molecule has 1 atom stereocenters. The first kappa shape index (κ1) is 19.0. The van der Waals surface area contributed by atoms with E-state index in [0.717, 1.165) is 36.0 Å². The van der Waals surface area contributed by atoms with Gasteiger partial charge in [-0.1, -0.05) is 83.2 Å². The van der Waals surface area contributed by atoms with Crippen LogP contribution in [0.2, 0.25) is 0 Å². The van der Waals surface area contributed by atoms with Gasteiger partial charge in [0.25, 0.3) is 0 Å². The molecule has 0 saturated carbocycles. The Bertz CT molecular complexity index is 569. The first-order valence-corrected chi connectivity index (χ1v) is 8.33. The van der Waals surface area contributed by atoms with Gasteiger partial charge >= 0.3 is 5.97 Å².